The molecule has 0 aliphatic rings. The van der Waals surface area contributed by atoms with Crippen LogP contribution >= 0.6 is 22.9 Å². The van der Waals surface area contributed by atoms with E-state index in [2.05, 4.69) is 4.98 Å². The van der Waals surface area contributed by atoms with E-state index in [1.54, 1.807) is 47.5 Å². The molecule has 3 rings (SSSR count). The van der Waals surface area contributed by atoms with Gasteiger partial charge in [-0.1, -0.05) is 41.9 Å². The molecule has 0 saturated heterocycles. The Morgan fingerprint density at radius 2 is 1.89 bits per heavy atom. The van der Waals surface area contributed by atoms with E-state index in [1.807, 2.05) is 31.2 Å². The summed E-state index contributed by atoms with van der Waals surface area (Å²) in [6.07, 6.45) is 0.0318. The smallest absolute Gasteiger partial charge is 0.310 e. The zero-order valence-electron chi connectivity index (χ0n) is 15.0. The van der Waals surface area contributed by atoms with Gasteiger partial charge in [0.1, 0.15) is 5.01 Å². The maximum Gasteiger partial charge on any atom is 0.310 e. The van der Waals surface area contributed by atoms with Crippen LogP contribution in [0.2, 0.25) is 5.02 Å². The van der Waals surface area contributed by atoms with Crippen molar-refractivity contribution in [3.05, 3.63) is 64.1 Å². The van der Waals surface area contributed by atoms with E-state index in [9.17, 15) is 9.59 Å². The first-order valence-electron chi connectivity index (χ1n) is 8.46. The average molecular weight is 403 g/mol. The van der Waals surface area contributed by atoms with E-state index in [4.69, 9.17) is 16.3 Å². The number of fused-ring (bicyclic) bond motifs is 1. The Morgan fingerprint density at radius 1 is 1.19 bits per heavy atom. The minimum absolute atomic E-state index is 0.0318. The van der Waals surface area contributed by atoms with Crippen LogP contribution < -0.4 is 0 Å². The van der Waals surface area contributed by atoms with Crippen LogP contribution in [0.4, 0.5) is 0 Å². The second-order valence-corrected chi connectivity index (χ2v) is 7.60. The van der Waals surface area contributed by atoms with Gasteiger partial charge in [0.15, 0.2) is 6.61 Å². The fourth-order valence-electron chi connectivity index (χ4n) is 2.54. The Labute approximate surface area is 166 Å². The highest BCUT2D eigenvalue weighted by Gasteiger charge is 2.22. The summed E-state index contributed by atoms with van der Waals surface area (Å²) in [6, 6.07) is 14.7. The standard InChI is InChI=1S/C20H19ClN2O3S/c1-13(20-22-16-9-5-6-10-17(16)27-20)23(2)18(24)12-26-19(25)11-14-7-3-4-8-15(14)21/h3-10,13H,11-12H2,1-2H3/t13-/m1/s1. The van der Waals surface area contributed by atoms with Crippen LogP contribution in [-0.2, 0) is 20.7 Å². The molecule has 0 bridgehead atoms. The summed E-state index contributed by atoms with van der Waals surface area (Å²) in [7, 11) is 1.68. The Morgan fingerprint density at radius 3 is 2.63 bits per heavy atom. The quantitative estimate of drug-likeness (QED) is 0.578. The SMILES string of the molecule is C[C@H](c1nc2ccccc2s1)N(C)C(=O)COC(=O)Cc1ccccc1Cl. The predicted octanol–water partition coefficient (Wildman–Crippen LogP) is 4.26. The lowest BCUT2D eigenvalue weighted by molar-refractivity contribution is -0.151. The van der Waals surface area contributed by atoms with Gasteiger partial charge < -0.3 is 9.64 Å². The zero-order chi connectivity index (χ0) is 19.4. The number of hydrogen-bond donors (Lipinski definition) is 0. The molecule has 1 amide bonds. The van der Waals surface area contributed by atoms with E-state index in [1.165, 1.54) is 0 Å². The molecule has 7 heteroatoms. The number of likely N-dealkylation sites (N-methyl/N-ethyl adjacent to an activating group) is 1. The number of amides is 1. The molecule has 0 radical (unpaired) electrons. The fourth-order valence-corrected chi connectivity index (χ4v) is 3.81. The third-order valence-electron chi connectivity index (χ3n) is 4.29. The summed E-state index contributed by atoms with van der Waals surface area (Å²) >= 11 is 7.59. The second-order valence-electron chi connectivity index (χ2n) is 6.13. The van der Waals surface area contributed by atoms with Crippen molar-refractivity contribution in [1.29, 1.82) is 0 Å². The van der Waals surface area contributed by atoms with Crippen molar-refractivity contribution >= 4 is 45.0 Å². The molecule has 0 N–H and O–H groups in total. The summed E-state index contributed by atoms with van der Waals surface area (Å²) < 4.78 is 6.20. The molecular formula is C20H19ClN2O3S. The Balaban J connectivity index is 1.56. The first kappa shape index (κ1) is 19.3. The van der Waals surface area contributed by atoms with Crippen LogP contribution in [0, 0.1) is 0 Å². The van der Waals surface area contributed by atoms with Crippen molar-refractivity contribution < 1.29 is 14.3 Å². The van der Waals surface area contributed by atoms with Gasteiger partial charge in [-0.25, -0.2) is 4.98 Å². The van der Waals surface area contributed by atoms with Gasteiger partial charge in [0, 0.05) is 12.1 Å². The molecular weight excluding hydrogens is 384 g/mol. The minimum Gasteiger partial charge on any atom is -0.455 e. The highest BCUT2D eigenvalue weighted by molar-refractivity contribution is 7.18. The molecule has 1 heterocycles. The number of hydrogen-bond acceptors (Lipinski definition) is 5. The van der Waals surface area contributed by atoms with Gasteiger partial charge in [0.25, 0.3) is 5.91 Å². The number of rotatable bonds is 6. The summed E-state index contributed by atoms with van der Waals surface area (Å²) in [5.74, 6) is -0.772. The van der Waals surface area contributed by atoms with Gasteiger partial charge in [-0.2, -0.15) is 0 Å². The Hall–Kier alpha value is -2.44. The maximum absolute atomic E-state index is 12.4. The lowest BCUT2D eigenvalue weighted by Gasteiger charge is -2.23. The molecule has 27 heavy (non-hydrogen) atoms. The number of esters is 1. The highest BCUT2D eigenvalue weighted by Crippen LogP contribution is 2.28. The number of ether oxygens (including phenoxy) is 1. The number of halogens is 1. The number of carbonyl (C=O) groups excluding carboxylic acids is 2. The van der Waals surface area contributed by atoms with E-state index >= 15 is 0 Å². The molecule has 0 unspecified atom stereocenters. The van der Waals surface area contributed by atoms with Gasteiger partial charge >= 0.3 is 5.97 Å². The van der Waals surface area contributed by atoms with Crippen LogP contribution in [0.5, 0.6) is 0 Å². The summed E-state index contributed by atoms with van der Waals surface area (Å²) in [6.45, 7) is 1.59. The molecule has 0 spiro atoms. The summed E-state index contributed by atoms with van der Waals surface area (Å²) in [5, 5.41) is 1.34. The van der Waals surface area contributed by atoms with Crippen LogP contribution in [0.25, 0.3) is 10.2 Å². The number of thiazole rings is 1. The number of nitrogens with zero attached hydrogens (tertiary/aromatic N) is 2. The molecule has 5 nitrogen and oxygen atoms in total. The van der Waals surface area contributed by atoms with Gasteiger partial charge in [0.05, 0.1) is 22.7 Å². The molecule has 140 valence electrons. The first-order valence-corrected chi connectivity index (χ1v) is 9.65. The van der Waals surface area contributed by atoms with Crippen molar-refractivity contribution in [3.8, 4) is 0 Å². The molecule has 1 atom stereocenters. The molecule has 0 aliphatic heterocycles. The normalized spacial score (nSPS) is 12.0. The average Bonchev–Trinajstić information content (AvgIpc) is 3.11. The Kier molecular flexibility index (Phi) is 6.08. The van der Waals surface area contributed by atoms with E-state index in [0.29, 0.717) is 10.6 Å². The lowest BCUT2D eigenvalue weighted by atomic mass is 10.1. The number of benzene rings is 2. The molecule has 3 aromatic rings. The molecule has 0 aliphatic carbocycles. The third-order valence-corrected chi connectivity index (χ3v) is 5.87. The molecule has 2 aromatic carbocycles. The van der Waals surface area contributed by atoms with E-state index < -0.39 is 5.97 Å². The molecule has 0 fully saturated rings. The second kappa shape index (κ2) is 8.50. The number of aromatic nitrogens is 1. The van der Waals surface area contributed by atoms with Gasteiger partial charge in [-0.05, 0) is 30.7 Å². The molecule has 1 aromatic heterocycles. The van der Waals surface area contributed by atoms with Crippen molar-refractivity contribution in [2.45, 2.75) is 19.4 Å². The van der Waals surface area contributed by atoms with Crippen LogP contribution in [0.3, 0.4) is 0 Å². The number of carbonyl (C=O) groups is 2. The van der Waals surface area contributed by atoms with Gasteiger partial charge in [-0.15, -0.1) is 11.3 Å². The fraction of sp³-hybridized carbons (Fsp3) is 0.250. The Bertz CT molecular complexity index is 940. The topological polar surface area (TPSA) is 59.5 Å². The van der Waals surface area contributed by atoms with E-state index in [-0.39, 0.29) is 25.0 Å². The van der Waals surface area contributed by atoms with Crippen molar-refractivity contribution in [2.75, 3.05) is 13.7 Å². The largest absolute Gasteiger partial charge is 0.455 e. The first-order chi connectivity index (χ1) is 13.0. The van der Waals surface area contributed by atoms with Crippen LogP contribution in [-0.4, -0.2) is 35.4 Å². The lowest BCUT2D eigenvalue weighted by Crippen LogP contribution is -2.33. The zero-order valence-corrected chi connectivity index (χ0v) is 16.6. The van der Waals surface area contributed by atoms with Gasteiger partial charge in [-0.3, -0.25) is 9.59 Å². The summed E-state index contributed by atoms with van der Waals surface area (Å²) in [5.41, 5.74) is 1.59. The van der Waals surface area contributed by atoms with Crippen LogP contribution in [0.15, 0.2) is 48.5 Å². The van der Waals surface area contributed by atoms with Crippen LogP contribution in [0.1, 0.15) is 23.5 Å². The van der Waals surface area contributed by atoms with Crippen molar-refractivity contribution in [2.24, 2.45) is 0 Å². The van der Waals surface area contributed by atoms with Crippen molar-refractivity contribution in [3.63, 3.8) is 0 Å². The van der Waals surface area contributed by atoms with Crippen molar-refractivity contribution in [1.82, 2.24) is 9.88 Å². The van der Waals surface area contributed by atoms with E-state index in [0.717, 1.165) is 15.2 Å². The minimum atomic E-state index is -0.488. The predicted molar refractivity (Wildman–Crippen MR) is 107 cm³/mol. The third kappa shape index (κ3) is 4.64. The molecule has 0 saturated carbocycles. The highest BCUT2D eigenvalue weighted by atomic mass is 35.5. The number of para-hydroxylation sites is 1. The monoisotopic (exact) mass is 402 g/mol. The summed E-state index contributed by atoms with van der Waals surface area (Å²) in [4.78, 5) is 30.5. The van der Waals surface area contributed by atoms with Gasteiger partial charge in [0.2, 0.25) is 0 Å². The maximum atomic E-state index is 12.4.